The monoisotopic (exact) mass is 240 g/mol. The molecule has 2 fully saturated rings. The van der Waals surface area contributed by atoms with E-state index in [1.54, 1.807) is 0 Å². The zero-order chi connectivity index (χ0) is 12.3. The van der Waals surface area contributed by atoms with Crippen LogP contribution in [0, 0.1) is 17.8 Å². The number of rotatable bonds is 6. The van der Waals surface area contributed by atoms with Crippen molar-refractivity contribution in [1.82, 2.24) is 5.43 Å². The van der Waals surface area contributed by atoms with Crippen molar-refractivity contribution in [2.75, 3.05) is 7.11 Å². The Hall–Kier alpha value is -0.120. The van der Waals surface area contributed by atoms with Gasteiger partial charge in [-0.15, -0.1) is 0 Å². The molecule has 0 aliphatic heterocycles. The number of methoxy groups -OCH3 is 1. The Kier molecular flexibility index (Phi) is 4.83. The quantitative estimate of drug-likeness (QED) is 0.554. The highest BCUT2D eigenvalue weighted by Gasteiger charge is 2.42. The second-order valence-corrected chi connectivity index (χ2v) is 5.85. The van der Waals surface area contributed by atoms with Crippen molar-refractivity contribution in [3.05, 3.63) is 0 Å². The fraction of sp³-hybridized carbons (Fsp3) is 1.00. The lowest BCUT2D eigenvalue weighted by molar-refractivity contribution is 0.00942. The largest absolute Gasteiger partial charge is 0.379 e. The molecule has 0 bridgehead atoms. The van der Waals surface area contributed by atoms with Crippen molar-refractivity contribution in [1.29, 1.82) is 0 Å². The molecule has 0 aromatic carbocycles. The van der Waals surface area contributed by atoms with Gasteiger partial charge in [-0.1, -0.05) is 32.6 Å². The average Bonchev–Trinajstić information content (AvgIpc) is 3.20. The van der Waals surface area contributed by atoms with Gasteiger partial charge in [0, 0.05) is 7.11 Å². The van der Waals surface area contributed by atoms with E-state index in [1.165, 1.54) is 44.9 Å². The van der Waals surface area contributed by atoms with E-state index >= 15 is 0 Å². The molecule has 2 aliphatic rings. The first-order chi connectivity index (χ1) is 8.31. The molecule has 17 heavy (non-hydrogen) atoms. The van der Waals surface area contributed by atoms with Gasteiger partial charge in [-0.3, -0.25) is 11.3 Å². The number of hydrazine groups is 1. The number of hydrogen-bond acceptors (Lipinski definition) is 3. The van der Waals surface area contributed by atoms with E-state index in [0.717, 1.165) is 11.8 Å². The first kappa shape index (κ1) is 13.3. The van der Waals surface area contributed by atoms with Gasteiger partial charge in [-0.05, 0) is 37.0 Å². The molecule has 0 radical (unpaired) electrons. The molecule has 3 N–H and O–H groups in total. The molecule has 2 aliphatic carbocycles. The van der Waals surface area contributed by atoms with Gasteiger partial charge < -0.3 is 4.74 Å². The third kappa shape index (κ3) is 3.01. The summed E-state index contributed by atoms with van der Waals surface area (Å²) in [6.45, 7) is 2.31. The van der Waals surface area contributed by atoms with Crippen LogP contribution >= 0.6 is 0 Å². The summed E-state index contributed by atoms with van der Waals surface area (Å²) < 4.78 is 5.73. The number of nitrogens with one attached hydrogen (secondary N) is 1. The molecule has 4 atom stereocenters. The third-order valence-electron chi connectivity index (χ3n) is 4.86. The number of hydrogen-bond donors (Lipinski definition) is 2. The molecule has 0 aromatic heterocycles. The first-order valence-electron chi connectivity index (χ1n) is 7.30. The lowest BCUT2D eigenvalue weighted by atomic mass is 9.72. The van der Waals surface area contributed by atoms with Crippen LogP contribution < -0.4 is 11.3 Å². The minimum absolute atomic E-state index is 0.331. The zero-order valence-electron chi connectivity index (χ0n) is 11.3. The second-order valence-electron chi connectivity index (χ2n) is 5.85. The maximum atomic E-state index is 5.83. The maximum Gasteiger partial charge on any atom is 0.0768 e. The van der Waals surface area contributed by atoms with Gasteiger partial charge in [0.15, 0.2) is 0 Å². The summed E-state index contributed by atoms with van der Waals surface area (Å²) >= 11 is 0. The van der Waals surface area contributed by atoms with Crippen LogP contribution in [0.25, 0.3) is 0 Å². The van der Waals surface area contributed by atoms with Gasteiger partial charge in [-0.2, -0.15) is 0 Å². The van der Waals surface area contributed by atoms with Gasteiger partial charge in [0.05, 0.1) is 12.1 Å². The van der Waals surface area contributed by atoms with Gasteiger partial charge in [0.25, 0.3) is 0 Å². The van der Waals surface area contributed by atoms with E-state index < -0.39 is 0 Å². The van der Waals surface area contributed by atoms with Crippen LogP contribution in [0.2, 0.25) is 0 Å². The highest BCUT2D eigenvalue weighted by atomic mass is 16.5. The molecule has 2 rings (SSSR count). The molecule has 0 saturated heterocycles. The van der Waals surface area contributed by atoms with Crippen LogP contribution in [0.4, 0.5) is 0 Å². The summed E-state index contributed by atoms with van der Waals surface area (Å²) in [4.78, 5) is 0. The second kappa shape index (κ2) is 6.17. The Morgan fingerprint density at radius 2 is 1.94 bits per heavy atom. The van der Waals surface area contributed by atoms with E-state index in [-0.39, 0.29) is 0 Å². The van der Waals surface area contributed by atoms with Gasteiger partial charge in [-0.25, -0.2) is 0 Å². The van der Waals surface area contributed by atoms with Crippen LogP contribution in [0.5, 0.6) is 0 Å². The summed E-state index contributed by atoms with van der Waals surface area (Å²) in [5, 5.41) is 0. The van der Waals surface area contributed by atoms with Crippen molar-refractivity contribution in [2.24, 2.45) is 23.6 Å². The predicted octanol–water partition coefficient (Wildman–Crippen LogP) is 2.46. The van der Waals surface area contributed by atoms with Crippen molar-refractivity contribution in [2.45, 2.75) is 64.0 Å². The van der Waals surface area contributed by atoms with Crippen LogP contribution in [0.3, 0.4) is 0 Å². The molecule has 2 saturated carbocycles. The highest BCUT2D eigenvalue weighted by molar-refractivity contribution is 4.95. The standard InChI is InChI=1S/C14H28N2O/c1-3-10-6-4-5-7-12(10)13(16-15)14(17-2)11-8-9-11/h10-14,16H,3-9,15H2,1-2H3. The SMILES string of the molecule is CCC1CCCCC1C(NN)C(OC)C1CC1. The molecule has 0 amide bonds. The third-order valence-corrected chi connectivity index (χ3v) is 4.86. The molecule has 100 valence electrons. The van der Waals surface area contributed by atoms with Crippen LogP contribution in [0.1, 0.15) is 51.9 Å². The smallest absolute Gasteiger partial charge is 0.0768 e. The number of nitrogens with two attached hydrogens (primary N) is 1. The molecule has 3 nitrogen and oxygen atoms in total. The summed E-state index contributed by atoms with van der Waals surface area (Å²) in [5.41, 5.74) is 3.08. The predicted molar refractivity (Wildman–Crippen MR) is 70.4 cm³/mol. The summed E-state index contributed by atoms with van der Waals surface area (Å²) in [7, 11) is 1.84. The van der Waals surface area contributed by atoms with E-state index in [4.69, 9.17) is 10.6 Å². The molecule has 0 spiro atoms. The molecular weight excluding hydrogens is 212 g/mol. The van der Waals surface area contributed by atoms with Crippen molar-refractivity contribution >= 4 is 0 Å². The Morgan fingerprint density at radius 3 is 2.47 bits per heavy atom. The first-order valence-corrected chi connectivity index (χ1v) is 7.30. The molecule has 0 aromatic rings. The number of ether oxygens (including phenoxy) is 1. The fourth-order valence-corrected chi connectivity index (χ4v) is 3.74. The Labute approximate surface area is 105 Å². The van der Waals surface area contributed by atoms with Gasteiger partial charge in [0.1, 0.15) is 0 Å². The van der Waals surface area contributed by atoms with Crippen LogP contribution in [-0.2, 0) is 4.74 Å². The highest BCUT2D eigenvalue weighted by Crippen LogP contribution is 2.41. The Morgan fingerprint density at radius 1 is 1.24 bits per heavy atom. The topological polar surface area (TPSA) is 47.3 Å². The van der Waals surface area contributed by atoms with E-state index in [9.17, 15) is 0 Å². The van der Waals surface area contributed by atoms with Crippen LogP contribution in [0.15, 0.2) is 0 Å². The average molecular weight is 240 g/mol. The van der Waals surface area contributed by atoms with E-state index in [2.05, 4.69) is 12.3 Å². The molecule has 3 heteroatoms. The van der Waals surface area contributed by atoms with Crippen molar-refractivity contribution in [3.8, 4) is 0 Å². The maximum absolute atomic E-state index is 5.83. The van der Waals surface area contributed by atoms with E-state index in [1.807, 2.05) is 7.11 Å². The fourth-order valence-electron chi connectivity index (χ4n) is 3.74. The van der Waals surface area contributed by atoms with Crippen molar-refractivity contribution in [3.63, 3.8) is 0 Å². The lowest BCUT2D eigenvalue weighted by Crippen LogP contribution is -2.53. The van der Waals surface area contributed by atoms with Crippen molar-refractivity contribution < 1.29 is 4.74 Å². The minimum atomic E-state index is 0.331. The van der Waals surface area contributed by atoms with Gasteiger partial charge in [0.2, 0.25) is 0 Å². The van der Waals surface area contributed by atoms with Crippen LogP contribution in [-0.4, -0.2) is 19.3 Å². The normalized spacial score (nSPS) is 33.4. The summed E-state index contributed by atoms with van der Waals surface area (Å²) in [5.74, 6) is 8.13. The molecule has 4 unspecified atom stereocenters. The Balaban J connectivity index is 2.03. The zero-order valence-corrected chi connectivity index (χ0v) is 11.3. The molecule has 0 heterocycles. The van der Waals surface area contributed by atoms with Gasteiger partial charge >= 0.3 is 0 Å². The lowest BCUT2D eigenvalue weighted by Gasteiger charge is -2.40. The summed E-state index contributed by atoms with van der Waals surface area (Å²) in [6.07, 6.45) is 9.70. The van der Waals surface area contributed by atoms with E-state index in [0.29, 0.717) is 18.1 Å². The minimum Gasteiger partial charge on any atom is -0.379 e. The Bertz CT molecular complexity index is 230. The summed E-state index contributed by atoms with van der Waals surface area (Å²) in [6, 6.07) is 0.359. The molecular formula is C14H28N2O.